The summed E-state index contributed by atoms with van der Waals surface area (Å²) in [5.74, 6) is -1.96. The molecule has 3 rings (SSSR count). The maximum Gasteiger partial charge on any atom is 0.249 e. The number of rotatable bonds is 2. The first-order valence-corrected chi connectivity index (χ1v) is 5.55. The number of nitrogens with zero attached hydrogens (tertiary/aromatic N) is 3. The molecule has 0 bridgehead atoms. The fourth-order valence-electron chi connectivity index (χ4n) is 2.04. The molecule has 0 aromatic carbocycles. The third-order valence-corrected chi connectivity index (χ3v) is 3.03. The van der Waals surface area contributed by atoms with Gasteiger partial charge < -0.3 is 5.73 Å². The van der Waals surface area contributed by atoms with Gasteiger partial charge in [-0.2, -0.15) is 5.10 Å². The largest absolute Gasteiger partial charge is 0.384 e. The highest BCUT2D eigenvalue weighted by atomic mass is 19.3. The molecule has 0 unspecified atom stereocenters. The first-order chi connectivity index (χ1) is 8.53. The zero-order valence-corrected chi connectivity index (χ0v) is 9.40. The molecular formula is C11H11F2N5. The SMILES string of the molecule is Nc1ccnc(-c2cc(C3CC(F)(F)C3)[nH]n2)n1. The summed E-state index contributed by atoms with van der Waals surface area (Å²) in [6, 6.07) is 3.28. The van der Waals surface area contributed by atoms with Crippen LogP contribution in [0.1, 0.15) is 24.5 Å². The quantitative estimate of drug-likeness (QED) is 0.855. The number of halogens is 2. The minimum absolute atomic E-state index is 0.133. The average molecular weight is 251 g/mol. The van der Waals surface area contributed by atoms with E-state index in [9.17, 15) is 8.78 Å². The van der Waals surface area contributed by atoms with E-state index in [1.54, 1.807) is 12.1 Å². The Labute approximate surface area is 101 Å². The molecule has 7 heteroatoms. The molecule has 2 heterocycles. The van der Waals surface area contributed by atoms with Crippen molar-refractivity contribution in [2.24, 2.45) is 0 Å². The number of aromatic amines is 1. The molecule has 1 aliphatic rings. The van der Waals surface area contributed by atoms with Crippen molar-refractivity contribution in [3.8, 4) is 11.5 Å². The van der Waals surface area contributed by atoms with Gasteiger partial charge in [-0.1, -0.05) is 0 Å². The van der Waals surface area contributed by atoms with Gasteiger partial charge in [0.05, 0.1) is 0 Å². The van der Waals surface area contributed by atoms with Crippen molar-refractivity contribution in [1.29, 1.82) is 0 Å². The summed E-state index contributed by atoms with van der Waals surface area (Å²) in [4.78, 5) is 8.06. The molecule has 0 saturated heterocycles. The highest BCUT2D eigenvalue weighted by Crippen LogP contribution is 2.47. The minimum atomic E-state index is -2.54. The van der Waals surface area contributed by atoms with Crippen LogP contribution in [0.3, 0.4) is 0 Å². The van der Waals surface area contributed by atoms with E-state index in [0.717, 1.165) is 0 Å². The van der Waals surface area contributed by atoms with Crippen LogP contribution in [0.2, 0.25) is 0 Å². The Morgan fingerprint density at radius 1 is 1.39 bits per heavy atom. The van der Waals surface area contributed by atoms with E-state index in [1.807, 2.05) is 0 Å². The normalized spacial score (nSPS) is 18.6. The Hall–Kier alpha value is -2.05. The molecule has 2 aromatic rings. The number of aromatic nitrogens is 4. The Morgan fingerprint density at radius 2 is 2.17 bits per heavy atom. The van der Waals surface area contributed by atoms with E-state index >= 15 is 0 Å². The molecule has 0 spiro atoms. The molecule has 1 aliphatic carbocycles. The van der Waals surface area contributed by atoms with Crippen molar-refractivity contribution >= 4 is 5.82 Å². The van der Waals surface area contributed by atoms with Gasteiger partial charge >= 0.3 is 0 Å². The molecule has 1 saturated carbocycles. The van der Waals surface area contributed by atoms with Gasteiger partial charge in [0.25, 0.3) is 0 Å². The number of nitrogens with one attached hydrogen (secondary N) is 1. The summed E-state index contributed by atoms with van der Waals surface area (Å²) in [6.45, 7) is 0. The monoisotopic (exact) mass is 251 g/mol. The van der Waals surface area contributed by atoms with Crippen LogP contribution in [-0.4, -0.2) is 26.1 Å². The van der Waals surface area contributed by atoms with Crippen molar-refractivity contribution < 1.29 is 8.78 Å². The minimum Gasteiger partial charge on any atom is -0.384 e. The first-order valence-electron chi connectivity index (χ1n) is 5.55. The number of alkyl halides is 2. The second-order valence-electron chi connectivity index (χ2n) is 4.47. The maximum atomic E-state index is 12.8. The van der Waals surface area contributed by atoms with Crippen LogP contribution in [-0.2, 0) is 0 Å². The molecule has 1 fully saturated rings. The van der Waals surface area contributed by atoms with Gasteiger partial charge in [0, 0.05) is 30.7 Å². The van der Waals surface area contributed by atoms with Crippen molar-refractivity contribution in [3.63, 3.8) is 0 Å². The number of hydrogen-bond acceptors (Lipinski definition) is 4. The Bertz CT molecular complexity index is 572. The van der Waals surface area contributed by atoms with Crippen LogP contribution in [0.4, 0.5) is 14.6 Å². The van der Waals surface area contributed by atoms with Gasteiger partial charge in [0.15, 0.2) is 5.82 Å². The van der Waals surface area contributed by atoms with Crippen LogP contribution in [0.5, 0.6) is 0 Å². The van der Waals surface area contributed by atoms with E-state index < -0.39 is 5.92 Å². The lowest BCUT2D eigenvalue weighted by atomic mass is 9.79. The van der Waals surface area contributed by atoms with Crippen molar-refractivity contribution in [1.82, 2.24) is 20.2 Å². The van der Waals surface area contributed by atoms with E-state index in [0.29, 0.717) is 23.0 Å². The molecular weight excluding hydrogens is 240 g/mol. The second kappa shape index (κ2) is 3.72. The predicted octanol–water partition coefficient (Wildman–Crippen LogP) is 1.96. The predicted molar refractivity (Wildman–Crippen MR) is 60.9 cm³/mol. The molecule has 0 atom stereocenters. The fraction of sp³-hybridized carbons (Fsp3) is 0.364. The van der Waals surface area contributed by atoms with Crippen molar-refractivity contribution in [2.45, 2.75) is 24.7 Å². The summed E-state index contributed by atoms with van der Waals surface area (Å²) in [7, 11) is 0. The topological polar surface area (TPSA) is 80.5 Å². The molecule has 0 aliphatic heterocycles. The lowest BCUT2D eigenvalue weighted by Gasteiger charge is -2.33. The fourth-order valence-corrected chi connectivity index (χ4v) is 2.04. The molecule has 18 heavy (non-hydrogen) atoms. The Morgan fingerprint density at radius 3 is 2.83 bits per heavy atom. The van der Waals surface area contributed by atoms with Gasteiger partial charge in [0.2, 0.25) is 5.92 Å². The van der Waals surface area contributed by atoms with Gasteiger partial charge in [0.1, 0.15) is 11.5 Å². The first kappa shape index (κ1) is 11.1. The van der Waals surface area contributed by atoms with Crippen LogP contribution >= 0.6 is 0 Å². The van der Waals surface area contributed by atoms with E-state index in [1.165, 1.54) is 6.20 Å². The molecule has 2 aromatic heterocycles. The lowest BCUT2D eigenvalue weighted by Crippen LogP contribution is -2.33. The van der Waals surface area contributed by atoms with E-state index in [2.05, 4.69) is 20.2 Å². The van der Waals surface area contributed by atoms with E-state index in [4.69, 9.17) is 5.73 Å². The van der Waals surface area contributed by atoms with Crippen molar-refractivity contribution in [3.05, 3.63) is 24.0 Å². The summed E-state index contributed by atoms with van der Waals surface area (Å²) in [5.41, 5.74) is 6.76. The summed E-state index contributed by atoms with van der Waals surface area (Å²) < 4.78 is 25.6. The van der Waals surface area contributed by atoms with Crippen LogP contribution < -0.4 is 5.73 Å². The number of H-pyrrole nitrogens is 1. The summed E-state index contributed by atoms with van der Waals surface area (Å²) >= 11 is 0. The number of nitrogen functional groups attached to an aromatic ring is 1. The average Bonchev–Trinajstić information content (AvgIpc) is 2.74. The third kappa shape index (κ3) is 1.92. The highest BCUT2D eigenvalue weighted by molar-refractivity contribution is 5.51. The van der Waals surface area contributed by atoms with Crippen LogP contribution in [0.15, 0.2) is 18.3 Å². The molecule has 0 radical (unpaired) electrons. The zero-order valence-electron chi connectivity index (χ0n) is 9.40. The van der Waals surface area contributed by atoms with Gasteiger partial charge in [-0.3, -0.25) is 5.10 Å². The zero-order chi connectivity index (χ0) is 12.8. The summed E-state index contributed by atoms with van der Waals surface area (Å²) in [6.07, 6.45) is 1.27. The lowest BCUT2D eigenvalue weighted by molar-refractivity contribution is -0.0876. The Balaban J connectivity index is 1.82. The third-order valence-electron chi connectivity index (χ3n) is 3.03. The highest BCUT2D eigenvalue weighted by Gasteiger charge is 2.46. The maximum absolute atomic E-state index is 12.8. The number of anilines is 1. The molecule has 3 N–H and O–H groups in total. The number of hydrogen-bond donors (Lipinski definition) is 2. The number of nitrogens with two attached hydrogens (primary N) is 1. The van der Waals surface area contributed by atoms with Crippen molar-refractivity contribution in [2.75, 3.05) is 5.73 Å². The molecule has 5 nitrogen and oxygen atoms in total. The standard InChI is InChI=1S/C11H11F2N5/c12-11(13)4-6(5-11)7-3-8(18-17-7)10-15-2-1-9(14)16-10/h1-3,6H,4-5H2,(H,17,18)(H2,14,15,16). The van der Waals surface area contributed by atoms with Gasteiger partial charge in [-0.25, -0.2) is 18.7 Å². The summed E-state index contributed by atoms with van der Waals surface area (Å²) in [5, 5.41) is 6.79. The second-order valence-corrected chi connectivity index (χ2v) is 4.47. The van der Waals surface area contributed by atoms with E-state index in [-0.39, 0.29) is 18.8 Å². The molecule has 94 valence electrons. The van der Waals surface area contributed by atoms with Crippen LogP contribution in [0, 0.1) is 0 Å². The molecule has 0 amide bonds. The van der Waals surface area contributed by atoms with Gasteiger partial charge in [-0.05, 0) is 12.1 Å². The van der Waals surface area contributed by atoms with Crippen LogP contribution in [0.25, 0.3) is 11.5 Å². The van der Waals surface area contributed by atoms with Gasteiger partial charge in [-0.15, -0.1) is 0 Å². The smallest absolute Gasteiger partial charge is 0.249 e. The Kier molecular flexibility index (Phi) is 2.29.